The van der Waals surface area contributed by atoms with Crippen LogP contribution in [0.3, 0.4) is 0 Å². The summed E-state index contributed by atoms with van der Waals surface area (Å²) < 4.78 is 38.7. The molecular weight excluding hydrogens is 331 g/mol. The molecule has 1 aliphatic rings. The minimum absolute atomic E-state index is 0.148. The van der Waals surface area contributed by atoms with E-state index in [0.717, 1.165) is 6.42 Å². The molecule has 0 aromatic heterocycles. The van der Waals surface area contributed by atoms with Crippen molar-refractivity contribution < 1.29 is 17.6 Å². The maximum atomic E-state index is 13.1. The standard InChI is InChI=1S/C17H17FN2O3S/c18-14-4-3-5-15(12-14)19-17(21)13-6-8-16(9-7-13)20-10-1-2-11-24(20,22)23/h3-9,12H,1-2,10-11H2,(H,19,21). The Labute approximate surface area is 140 Å². The fourth-order valence-corrected chi connectivity index (χ4v) is 4.27. The molecule has 1 saturated heterocycles. The Morgan fingerprint density at radius 1 is 1.08 bits per heavy atom. The van der Waals surface area contributed by atoms with Crippen LogP contribution in [0, 0.1) is 5.82 Å². The Hall–Kier alpha value is -2.41. The highest BCUT2D eigenvalue weighted by Gasteiger charge is 2.25. The predicted octanol–water partition coefficient (Wildman–Crippen LogP) is 3.01. The van der Waals surface area contributed by atoms with E-state index in [-0.39, 0.29) is 11.7 Å². The van der Waals surface area contributed by atoms with E-state index in [0.29, 0.717) is 29.9 Å². The number of hydrogen-bond acceptors (Lipinski definition) is 3. The van der Waals surface area contributed by atoms with Crippen molar-refractivity contribution in [2.24, 2.45) is 0 Å². The van der Waals surface area contributed by atoms with Crippen molar-refractivity contribution in [2.75, 3.05) is 21.9 Å². The summed E-state index contributed by atoms with van der Waals surface area (Å²) in [6, 6.07) is 12.0. The van der Waals surface area contributed by atoms with Crippen LogP contribution in [0.4, 0.5) is 15.8 Å². The molecule has 0 unspecified atom stereocenters. The quantitative estimate of drug-likeness (QED) is 0.927. The Kier molecular flexibility index (Phi) is 4.53. The molecule has 2 aromatic rings. The molecule has 1 heterocycles. The first-order valence-electron chi connectivity index (χ1n) is 7.63. The summed E-state index contributed by atoms with van der Waals surface area (Å²) in [5.41, 5.74) is 1.29. The summed E-state index contributed by atoms with van der Waals surface area (Å²) in [5, 5.41) is 2.60. The lowest BCUT2D eigenvalue weighted by molar-refractivity contribution is 0.102. The zero-order valence-electron chi connectivity index (χ0n) is 12.9. The normalized spacial score (nSPS) is 16.6. The number of carbonyl (C=O) groups is 1. The molecule has 24 heavy (non-hydrogen) atoms. The number of benzene rings is 2. The molecule has 1 amide bonds. The van der Waals surface area contributed by atoms with E-state index in [2.05, 4.69) is 5.32 Å². The first-order valence-corrected chi connectivity index (χ1v) is 9.24. The van der Waals surface area contributed by atoms with Crippen molar-refractivity contribution in [3.63, 3.8) is 0 Å². The third kappa shape index (κ3) is 3.56. The molecule has 0 bridgehead atoms. The second-order valence-corrected chi connectivity index (χ2v) is 7.62. The van der Waals surface area contributed by atoms with Crippen molar-refractivity contribution in [2.45, 2.75) is 12.8 Å². The number of rotatable bonds is 3. The minimum atomic E-state index is -3.27. The van der Waals surface area contributed by atoms with Crippen LogP contribution in [-0.2, 0) is 10.0 Å². The number of halogens is 1. The second-order valence-electron chi connectivity index (χ2n) is 5.61. The van der Waals surface area contributed by atoms with Crippen LogP contribution < -0.4 is 9.62 Å². The second kappa shape index (κ2) is 6.60. The predicted molar refractivity (Wildman–Crippen MR) is 91.2 cm³/mol. The molecule has 5 nitrogen and oxygen atoms in total. The molecule has 2 aromatic carbocycles. The Bertz CT molecular complexity index is 850. The zero-order chi connectivity index (χ0) is 17.2. The number of amides is 1. The summed E-state index contributed by atoms with van der Waals surface area (Å²) in [5.74, 6) is -0.665. The van der Waals surface area contributed by atoms with Gasteiger partial charge in [-0.1, -0.05) is 6.07 Å². The van der Waals surface area contributed by atoms with Gasteiger partial charge in [-0.25, -0.2) is 12.8 Å². The van der Waals surface area contributed by atoms with E-state index < -0.39 is 15.8 Å². The van der Waals surface area contributed by atoms with Crippen molar-refractivity contribution in [3.05, 3.63) is 59.9 Å². The number of sulfonamides is 1. The highest BCUT2D eigenvalue weighted by molar-refractivity contribution is 7.92. The van der Waals surface area contributed by atoms with E-state index in [9.17, 15) is 17.6 Å². The summed E-state index contributed by atoms with van der Waals surface area (Å²) in [6.07, 6.45) is 1.49. The molecule has 1 aliphatic heterocycles. The topological polar surface area (TPSA) is 66.5 Å². The lowest BCUT2D eigenvalue weighted by atomic mass is 10.2. The number of nitrogens with one attached hydrogen (secondary N) is 1. The molecule has 0 radical (unpaired) electrons. The third-order valence-electron chi connectivity index (χ3n) is 3.85. The van der Waals surface area contributed by atoms with Gasteiger partial charge in [0.1, 0.15) is 5.82 Å². The number of hydrogen-bond donors (Lipinski definition) is 1. The average Bonchev–Trinajstić information content (AvgIpc) is 2.55. The molecule has 7 heteroatoms. The van der Waals surface area contributed by atoms with Gasteiger partial charge in [-0.15, -0.1) is 0 Å². The zero-order valence-corrected chi connectivity index (χ0v) is 13.7. The van der Waals surface area contributed by atoms with E-state index in [4.69, 9.17) is 0 Å². The third-order valence-corrected chi connectivity index (χ3v) is 5.72. The summed E-state index contributed by atoms with van der Waals surface area (Å²) in [4.78, 5) is 12.2. The summed E-state index contributed by atoms with van der Waals surface area (Å²) in [7, 11) is -3.27. The number of nitrogens with zero attached hydrogens (tertiary/aromatic N) is 1. The van der Waals surface area contributed by atoms with Gasteiger partial charge in [-0.2, -0.15) is 0 Å². The van der Waals surface area contributed by atoms with Crippen LogP contribution in [0.15, 0.2) is 48.5 Å². The first-order chi connectivity index (χ1) is 11.5. The molecule has 0 atom stereocenters. The summed E-state index contributed by atoms with van der Waals surface area (Å²) >= 11 is 0. The van der Waals surface area contributed by atoms with E-state index in [1.165, 1.54) is 22.5 Å². The van der Waals surface area contributed by atoms with Gasteiger partial charge in [-0.05, 0) is 55.3 Å². The van der Waals surface area contributed by atoms with E-state index in [1.54, 1.807) is 30.3 Å². The Balaban J connectivity index is 1.75. The highest BCUT2D eigenvalue weighted by atomic mass is 32.2. The van der Waals surface area contributed by atoms with E-state index >= 15 is 0 Å². The number of carbonyl (C=O) groups excluding carboxylic acids is 1. The van der Waals surface area contributed by atoms with Gasteiger partial charge >= 0.3 is 0 Å². The van der Waals surface area contributed by atoms with E-state index in [1.807, 2.05) is 0 Å². The van der Waals surface area contributed by atoms with Crippen LogP contribution in [-0.4, -0.2) is 26.6 Å². The van der Waals surface area contributed by atoms with Gasteiger partial charge in [0.15, 0.2) is 0 Å². The van der Waals surface area contributed by atoms with Crippen LogP contribution in [0.5, 0.6) is 0 Å². The number of anilines is 2. The fourth-order valence-electron chi connectivity index (χ4n) is 2.63. The van der Waals surface area contributed by atoms with Gasteiger partial charge < -0.3 is 5.32 Å². The Morgan fingerprint density at radius 2 is 1.83 bits per heavy atom. The van der Waals surface area contributed by atoms with Crippen LogP contribution in [0.25, 0.3) is 0 Å². The molecule has 0 aliphatic carbocycles. The van der Waals surface area contributed by atoms with Gasteiger partial charge in [-0.3, -0.25) is 9.10 Å². The van der Waals surface area contributed by atoms with Gasteiger partial charge in [0.05, 0.1) is 11.4 Å². The van der Waals surface area contributed by atoms with Crippen LogP contribution in [0.2, 0.25) is 0 Å². The largest absolute Gasteiger partial charge is 0.322 e. The van der Waals surface area contributed by atoms with Gasteiger partial charge in [0.25, 0.3) is 5.91 Å². The van der Waals surface area contributed by atoms with Gasteiger partial charge in [0, 0.05) is 17.8 Å². The molecule has 1 fully saturated rings. The lowest BCUT2D eigenvalue weighted by Gasteiger charge is -2.28. The lowest BCUT2D eigenvalue weighted by Crippen LogP contribution is -2.37. The van der Waals surface area contributed by atoms with Crippen molar-refractivity contribution >= 4 is 27.3 Å². The minimum Gasteiger partial charge on any atom is -0.322 e. The smallest absolute Gasteiger partial charge is 0.255 e. The summed E-state index contributed by atoms with van der Waals surface area (Å²) in [6.45, 7) is 0.456. The molecule has 3 rings (SSSR count). The van der Waals surface area contributed by atoms with Crippen molar-refractivity contribution in [3.8, 4) is 0 Å². The van der Waals surface area contributed by atoms with Crippen molar-refractivity contribution in [1.29, 1.82) is 0 Å². The van der Waals surface area contributed by atoms with Crippen LogP contribution in [0.1, 0.15) is 23.2 Å². The molecule has 0 saturated carbocycles. The van der Waals surface area contributed by atoms with Gasteiger partial charge in [0.2, 0.25) is 10.0 Å². The SMILES string of the molecule is O=C(Nc1cccc(F)c1)c1ccc(N2CCCCS2(=O)=O)cc1. The average molecular weight is 348 g/mol. The maximum absolute atomic E-state index is 13.1. The van der Waals surface area contributed by atoms with Crippen molar-refractivity contribution in [1.82, 2.24) is 0 Å². The molecular formula is C17H17FN2O3S. The molecule has 1 N–H and O–H groups in total. The van der Waals surface area contributed by atoms with Crippen LogP contribution >= 0.6 is 0 Å². The molecule has 126 valence electrons. The molecule has 0 spiro atoms. The maximum Gasteiger partial charge on any atom is 0.255 e. The fraction of sp³-hybridized carbons (Fsp3) is 0.235. The highest BCUT2D eigenvalue weighted by Crippen LogP contribution is 2.24. The monoisotopic (exact) mass is 348 g/mol. The Morgan fingerprint density at radius 3 is 2.50 bits per heavy atom. The first kappa shape index (κ1) is 16.4.